The van der Waals surface area contributed by atoms with Gasteiger partial charge in [-0.25, -0.2) is 0 Å². The van der Waals surface area contributed by atoms with Gasteiger partial charge in [0, 0.05) is 32.7 Å². The summed E-state index contributed by atoms with van der Waals surface area (Å²) in [4.78, 5) is 12.6. The average Bonchev–Trinajstić information content (AvgIpc) is 2.58. The molecule has 2 aliphatic heterocycles. The Hall–Kier alpha value is -0.650. The van der Waals surface area contributed by atoms with Crippen molar-refractivity contribution in [2.45, 2.75) is 37.4 Å². The van der Waals surface area contributed by atoms with Crippen molar-refractivity contribution in [3.8, 4) is 0 Å². The van der Waals surface area contributed by atoms with Crippen molar-refractivity contribution >= 4 is 5.97 Å². The number of nitrogens with zero attached hydrogens (tertiary/aromatic N) is 1. The highest BCUT2D eigenvalue weighted by Crippen LogP contribution is 2.34. The van der Waals surface area contributed by atoms with Crippen LogP contribution in [0.1, 0.15) is 25.7 Å². The van der Waals surface area contributed by atoms with Crippen LogP contribution in [0.2, 0.25) is 0 Å². The lowest BCUT2D eigenvalue weighted by Crippen LogP contribution is -2.44. The molecule has 2 saturated heterocycles. The Kier molecular flexibility index (Phi) is 3.47. The van der Waals surface area contributed by atoms with Gasteiger partial charge in [0.1, 0.15) is 0 Å². The van der Waals surface area contributed by atoms with Gasteiger partial charge in [-0.1, -0.05) is 0 Å². The minimum Gasteiger partial charge on any atom is -0.481 e. The van der Waals surface area contributed by atoms with E-state index in [1.807, 2.05) is 0 Å². The molecule has 2 heterocycles. The zero-order chi connectivity index (χ0) is 11.6. The summed E-state index contributed by atoms with van der Waals surface area (Å²) in [5, 5.41) is 18.3. The molecule has 2 atom stereocenters. The Labute approximate surface area is 95.0 Å². The number of carbonyl (C=O) groups is 1. The smallest absolute Gasteiger partial charge is 0.304 e. The zero-order valence-electron chi connectivity index (χ0n) is 9.39. The molecule has 0 aromatic heterocycles. The van der Waals surface area contributed by atoms with E-state index in [1.165, 1.54) is 0 Å². The van der Waals surface area contributed by atoms with Gasteiger partial charge in [-0.05, 0) is 12.8 Å². The van der Waals surface area contributed by atoms with Crippen molar-refractivity contribution in [1.29, 1.82) is 0 Å². The van der Waals surface area contributed by atoms with Crippen molar-refractivity contribution in [1.82, 2.24) is 4.90 Å². The van der Waals surface area contributed by atoms with Gasteiger partial charge in [0.05, 0.1) is 18.1 Å². The Morgan fingerprint density at radius 3 is 3.06 bits per heavy atom. The average molecular weight is 229 g/mol. The summed E-state index contributed by atoms with van der Waals surface area (Å²) in [7, 11) is 0. The molecule has 0 aromatic carbocycles. The highest BCUT2D eigenvalue weighted by molar-refractivity contribution is 5.66. The van der Waals surface area contributed by atoms with Crippen molar-refractivity contribution in [2.24, 2.45) is 0 Å². The summed E-state index contributed by atoms with van der Waals surface area (Å²) in [6.45, 7) is 2.84. The van der Waals surface area contributed by atoms with E-state index >= 15 is 0 Å². The molecule has 1 spiro atoms. The summed E-state index contributed by atoms with van der Waals surface area (Å²) in [6.07, 6.45) is 2.24. The maximum absolute atomic E-state index is 10.5. The van der Waals surface area contributed by atoms with Crippen LogP contribution in [0.5, 0.6) is 0 Å². The van der Waals surface area contributed by atoms with Crippen LogP contribution in [0.3, 0.4) is 0 Å². The minimum atomic E-state index is -0.759. The third kappa shape index (κ3) is 2.72. The number of carboxylic acid groups (broad SMARTS) is 1. The Balaban J connectivity index is 1.84. The summed E-state index contributed by atoms with van der Waals surface area (Å²) in [5.41, 5.74) is -0.212. The molecule has 0 unspecified atom stereocenters. The number of aliphatic carboxylic acids is 1. The van der Waals surface area contributed by atoms with Gasteiger partial charge in [-0.15, -0.1) is 0 Å². The second-order valence-electron chi connectivity index (χ2n) is 4.85. The lowest BCUT2D eigenvalue weighted by atomic mass is 9.91. The fourth-order valence-corrected chi connectivity index (χ4v) is 2.66. The Morgan fingerprint density at radius 1 is 1.56 bits per heavy atom. The largest absolute Gasteiger partial charge is 0.481 e. The van der Waals surface area contributed by atoms with E-state index < -0.39 is 5.97 Å². The molecule has 0 bridgehead atoms. The monoisotopic (exact) mass is 229 g/mol. The molecule has 0 radical (unpaired) electrons. The van der Waals surface area contributed by atoms with E-state index in [9.17, 15) is 9.90 Å². The number of carboxylic acids is 1. The van der Waals surface area contributed by atoms with Gasteiger partial charge in [-0.3, -0.25) is 9.69 Å². The Morgan fingerprint density at radius 2 is 2.38 bits per heavy atom. The van der Waals surface area contributed by atoms with Crippen molar-refractivity contribution in [2.75, 3.05) is 26.2 Å². The van der Waals surface area contributed by atoms with Crippen LogP contribution in [0, 0.1) is 0 Å². The lowest BCUT2D eigenvalue weighted by Gasteiger charge is -2.36. The molecule has 2 rings (SSSR count). The number of ether oxygens (including phenoxy) is 1. The van der Waals surface area contributed by atoms with Crippen LogP contribution in [0.15, 0.2) is 0 Å². The summed E-state index contributed by atoms with van der Waals surface area (Å²) in [6, 6.07) is 0. The summed E-state index contributed by atoms with van der Waals surface area (Å²) in [5.74, 6) is -0.759. The topological polar surface area (TPSA) is 70.0 Å². The third-order valence-corrected chi connectivity index (χ3v) is 3.50. The predicted octanol–water partition coefficient (Wildman–Crippen LogP) is 0.0769. The SMILES string of the molecule is O=C(O)CCN1CC[C@@]2(C[C@@H](O)CCO2)C1. The van der Waals surface area contributed by atoms with E-state index in [0.717, 1.165) is 25.9 Å². The van der Waals surface area contributed by atoms with E-state index in [4.69, 9.17) is 9.84 Å². The molecule has 0 aliphatic carbocycles. The van der Waals surface area contributed by atoms with E-state index in [1.54, 1.807) is 0 Å². The number of rotatable bonds is 3. The number of hydrogen-bond acceptors (Lipinski definition) is 4. The molecule has 5 heteroatoms. The molecular weight excluding hydrogens is 210 g/mol. The second kappa shape index (κ2) is 4.69. The first-order valence-corrected chi connectivity index (χ1v) is 5.86. The van der Waals surface area contributed by atoms with Crippen LogP contribution >= 0.6 is 0 Å². The number of likely N-dealkylation sites (tertiary alicyclic amines) is 1. The zero-order valence-corrected chi connectivity index (χ0v) is 9.39. The van der Waals surface area contributed by atoms with Gasteiger partial charge in [0.15, 0.2) is 0 Å². The molecule has 0 aromatic rings. The fourth-order valence-electron chi connectivity index (χ4n) is 2.66. The molecule has 2 fully saturated rings. The molecular formula is C11H19NO4. The predicted molar refractivity (Wildman–Crippen MR) is 57.2 cm³/mol. The first-order valence-electron chi connectivity index (χ1n) is 5.86. The van der Waals surface area contributed by atoms with Gasteiger partial charge < -0.3 is 14.9 Å². The molecule has 16 heavy (non-hydrogen) atoms. The van der Waals surface area contributed by atoms with E-state index in [-0.39, 0.29) is 18.1 Å². The van der Waals surface area contributed by atoms with Gasteiger partial charge in [-0.2, -0.15) is 0 Å². The number of aliphatic hydroxyl groups is 1. The quantitative estimate of drug-likeness (QED) is 0.717. The lowest BCUT2D eigenvalue weighted by molar-refractivity contribution is -0.137. The first kappa shape index (κ1) is 11.8. The van der Waals surface area contributed by atoms with E-state index in [2.05, 4.69) is 4.90 Å². The maximum atomic E-state index is 10.5. The van der Waals surface area contributed by atoms with Gasteiger partial charge >= 0.3 is 5.97 Å². The van der Waals surface area contributed by atoms with Crippen molar-refractivity contribution < 1.29 is 19.7 Å². The normalized spacial score (nSPS) is 35.7. The van der Waals surface area contributed by atoms with Crippen LogP contribution in [-0.4, -0.2) is 59.0 Å². The molecule has 0 amide bonds. The maximum Gasteiger partial charge on any atom is 0.304 e. The van der Waals surface area contributed by atoms with Crippen molar-refractivity contribution in [3.05, 3.63) is 0 Å². The third-order valence-electron chi connectivity index (χ3n) is 3.50. The second-order valence-corrected chi connectivity index (χ2v) is 4.85. The molecule has 2 N–H and O–H groups in total. The summed E-state index contributed by atoms with van der Waals surface area (Å²) >= 11 is 0. The highest BCUT2D eigenvalue weighted by atomic mass is 16.5. The van der Waals surface area contributed by atoms with Crippen LogP contribution < -0.4 is 0 Å². The molecule has 2 aliphatic rings. The summed E-state index contributed by atoms with van der Waals surface area (Å²) < 4.78 is 5.78. The molecule has 92 valence electrons. The van der Waals surface area contributed by atoms with Crippen LogP contribution in [-0.2, 0) is 9.53 Å². The molecule has 0 saturated carbocycles. The number of hydrogen-bond donors (Lipinski definition) is 2. The standard InChI is InChI=1S/C11H19NO4/c13-9-2-6-16-11(7-9)3-5-12(8-11)4-1-10(14)15/h9,13H,1-8H2,(H,14,15)/t9-,11+/m0/s1. The molecule has 5 nitrogen and oxygen atoms in total. The van der Waals surface area contributed by atoms with Crippen molar-refractivity contribution in [3.63, 3.8) is 0 Å². The number of aliphatic hydroxyl groups excluding tert-OH is 1. The Bertz CT molecular complexity index is 271. The van der Waals surface area contributed by atoms with Gasteiger partial charge in [0.25, 0.3) is 0 Å². The highest BCUT2D eigenvalue weighted by Gasteiger charge is 2.42. The van der Waals surface area contributed by atoms with E-state index in [0.29, 0.717) is 19.6 Å². The van der Waals surface area contributed by atoms with Crippen LogP contribution in [0.25, 0.3) is 0 Å². The first-order chi connectivity index (χ1) is 7.60. The fraction of sp³-hybridized carbons (Fsp3) is 0.909. The van der Waals surface area contributed by atoms with Gasteiger partial charge in [0.2, 0.25) is 0 Å². The minimum absolute atomic E-state index is 0.179. The van der Waals surface area contributed by atoms with Crippen LogP contribution in [0.4, 0.5) is 0 Å².